The van der Waals surface area contributed by atoms with Crippen LogP contribution in [0, 0.1) is 18.2 Å². The number of nitrogens with zero attached hydrogens (tertiary/aromatic N) is 4. The van der Waals surface area contributed by atoms with Crippen molar-refractivity contribution in [3.8, 4) is 18.1 Å². The molecule has 3 aromatic carbocycles. The molecular formula is C33H34FN5O5. The number of amides is 4. The van der Waals surface area contributed by atoms with Crippen LogP contribution >= 0.6 is 0 Å². The molecule has 5 rings (SSSR count). The highest BCUT2D eigenvalue weighted by Crippen LogP contribution is 2.28. The molecule has 4 amide bonds. The van der Waals surface area contributed by atoms with Gasteiger partial charge in [0.2, 0.25) is 11.8 Å². The summed E-state index contributed by atoms with van der Waals surface area (Å²) >= 11 is 0. The normalized spacial score (nSPS) is 18.6. The number of aromatic hydroxyl groups is 1. The summed E-state index contributed by atoms with van der Waals surface area (Å²) in [7, 11) is 0. The van der Waals surface area contributed by atoms with Crippen LogP contribution in [0.2, 0.25) is 0 Å². The number of benzene rings is 3. The average Bonchev–Trinajstić information content (AvgIpc) is 3.02. The summed E-state index contributed by atoms with van der Waals surface area (Å²) in [5.74, 6) is 1.60. The predicted molar refractivity (Wildman–Crippen MR) is 160 cm³/mol. The molecule has 2 aliphatic rings. The lowest BCUT2D eigenvalue weighted by atomic mass is 9.98. The number of carbonyl (C=O) groups is 3. The second kappa shape index (κ2) is 14.0. The fraction of sp³-hybridized carbons (Fsp3) is 0.303. The second-order valence-electron chi connectivity index (χ2n) is 10.6. The number of hydrogen-bond donors (Lipinski definition) is 2. The molecule has 228 valence electrons. The van der Waals surface area contributed by atoms with Crippen LogP contribution in [0.15, 0.2) is 78.9 Å². The molecule has 2 heterocycles. The fourth-order valence-corrected chi connectivity index (χ4v) is 5.52. The molecule has 44 heavy (non-hydrogen) atoms. The van der Waals surface area contributed by atoms with E-state index in [4.69, 9.17) is 11.2 Å². The summed E-state index contributed by atoms with van der Waals surface area (Å²) in [4.78, 5) is 44.3. The van der Waals surface area contributed by atoms with Gasteiger partial charge >= 0.3 is 6.03 Å². The van der Waals surface area contributed by atoms with Gasteiger partial charge in [0.15, 0.2) is 0 Å². The number of terminal acetylenes is 1. The van der Waals surface area contributed by atoms with E-state index < -0.39 is 18.2 Å². The Hall–Kier alpha value is -4.92. The molecule has 0 spiro atoms. The van der Waals surface area contributed by atoms with Crippen molar-refractivity contribution >= 4 is 17.8 Å². The standard InChI is InChI=1S/C33H34FN5O5/c1-2-16-37-22-31(41)38-29(19-24-12-14-27(40)15-13-24)32(42)36(17-18-44-23-26-10-6-7-11-28(26)34)21-30(38)39(37)33(43)35-20-25-8-4-3-5-9-25/h1,3-15,29-30,40H,16-23H2,(H,35,43)/t29-,30?/m0/s1. The Balaban J connectivity index is 1.40. The molecule has 2 aliphatic heterocycles. The van der Waals surface area contributed by atoms with Crippen molar-refractivity contribution in [3.63, 3.8) is 0 Å². The Morgan fingerprint density at radius 2 is 1.75 bits per heavy atom. The van der Waals surface area contributed by atoms with Gasteiger partial charge < -0.3 is 25.0 Å². The molecule has 2 saturated heterocycles. The number of fused-ring (bicyclic) bond motifs is 1. The first kappa shape index (κ1) is 30.5. The minimum absolute atomic E-state index is 0.0111. The number of hydrazine groups is 1. The SMILES string of the molecule is C#CCN1CC(=O)N2C(CN(CCOCc3ccccc3F)C(=O)[C@@H]2Cc2ccc(O)cc2)N1C(=O)NCc1ccccc1. The lowest BCUT2D eigenvalue weighted by Gasteiger charge is -2.54. The molecule has 2 fully saturated rings. The Morgan fingerprint density at radius 3 is 2.48 bits per heavy atom. The molecule has 10 nitrogen and oxygen atoms in total. The quantitative estimate of drug-likeness (QED) is 0.274. The smallest absolute Gasteiger partial charge is 0.334 e. The summed E-state index contributed by atoms with van der Waals surface area (Å²) in [6.45, 7) is 0.419. The minimum atomic E-state index is -0.922. The first-order valence-corrected chi connectivity index (χ1v) is 14.3. The predicted octanol–water partition coefficient (Wildman–Crippen LogP) is 2.73. The number of nitrogens with one attached hydrogen (secondary N) is 1. The van der Waals surface area contributed by atoms with E-state index >= 15 is 0 Å². The third kappa shape index (κ3) is 6.99. The van der Waals surface area contributed by atoms with Gasteiger partial charge in [-0.2, -0.15) is 5.01 Å². The second-order valence-corrected chi connectivity index (χ2v) is 10.6. The summed E-state index contributed by atoms with van der Waals surface area (Å²) in [6.07, 6.45) is 4.96. The average molecular weight is 600 g/mol. The van der Waals surface area contributed by atoms with Crippen molar-refractivity contribution < 1.29 is 28.6 Å². The fourth-order valence-electron chi connectivity index (χ4n) is 5.52. The van der Waals surface area contributed by atoms with Crippen molar-refractivity contribution in [3.05, 3.63) is 101 Å². The van der Waals surface area contributed by atoms with Gasteiger partial charge in [0.25, 0.3) is 0 Å². The Morgan fingerprint density at radius 1 is 1.02 bits per heavy atom. The summed E-state index contributed by atoms with van der Waals surface area (Å²) in [6, 6.07) is 20.8. The summed E-state index contributed by atoms with van der Waals surface area (Å²) in [5.41, 5.74) is 2.03. The molecule has 0 aliphatic carbocycles. The zero-order chi connectivity index (χ0) is 31.1. The van der Waals surface area contributed by atoms with E-state index in [1.807, 2.05) is 30.3 Å². The Bertz CT molecular complexity index is 1510. The van der Waals surface area contributed by atoms with Crippen LogP contribution in [0.25, 0.3) is 0 Å². The van der Waals surface area contributed by atoms with E-state index in [1.165, 1.54) is 33.1 Å². The van der Waals surface area contributed by atoms with Crippen LogP contribution < -0.4 is 5.32 Å². The van der Waals surface area contributed by atoms with Gasteiger partial charge in [-0.15, -0.1) is 6.42 Å². The number of phenolic OH excluding ortho intramolecular Hbond substituents is 1. The van der Waals surface area contributed by atoms with E-state index in [2.05, 4.69) is 11.2 Å². The van der Waals surface area contributed by atoms with Crippen LogP contribution in [0.1, 0.15) is 16.7 Å². The molecule has 0 radical (unpaired) electrons. The van der Waals surface area contributed by atoms with E-state index in [9.17, 15) is 23.9 Å². The minimum Gasteiger partial charge on any atom is -0.508 e. The van der Waals surface area contributed by atoms with Crippen molar-refractivity contribution in [2.24, 2.45) is 0 Å². The van der Waals surface area contributed by atoms with Gasteiger partial charge in [0.05, 0.1) is 32.8 Å². The van der Waals surface area contributed by atoms with Gasteiger partial charge in [-0.1, -0.05) is 66.6 Å². The topological polar surface area (TPSA) is 106 Å². The monoisotopic (exact) mass is 599 g/mol. The molecule has 1 unspecified atom stereocenters. The van der Waals surface area contributed by atoms with Crippen molar-refractivity contribution in [2.75, 3.05) is 32.8 Å². The zero-order valence-electron chi connectivity index (χ0n) is 24.1. The molecular weight excluding hydrogens is 565 g/mol. The van der Waals surface area contributed by atoms with Gasteiger partial charge in [0.1, 0.15) is 23.8 Å². The number of hydrogen-bond acceptors (Lipinski definition) is 6. The Labute approximate surface area is 255 Å². The van der Waals surface area contributed by atoms with Gasteiger partial charge in [0, 0.05) is 25.1 Å². The first-order chi connectivity index (χ1) is 21.4. The van der Waals surface area contributed by atoms with Crippen molar-refractivity contribution in [1.29, 1.82) is 0 Å². The zero-order valence-corrected chi connectivity index (χ0v) is 24.1. The number of piperazine rings is 1. The maximum absolute atomic E-state index is 14.1. The molecule has 11 heteroatoms. The number of phenols is 1. The molecule has 0 saturated carbocycles. The largest absolute Gasteiger partial charge is 0.508 e. The third-order valence-corrected chi connectivity index (χ3v) is 7.68. The number of ether oxygens (including phenoxy) is 1. The highest BCUT2D eigenvalue weighted by atomic mass is 19.1. The van der Waals surface area contributed by atoms with Gasteiger partial charge in [-0.05, 0) is 29.3 Å². The van der Waals surface area contributed by atoms with Crippen LogP contribution in [0.4, 0.5) is 9.18 Å². The van der Waals surface area contributed by atoms with E-state index in [0.29, 0.717) is 5.56 Å². The lowest BCUT2D eigenvalue weighted by Crippen LogP contribution is -2.76. The van der Waals surface area contributed by atoms with Crippen LogP contribution in [0.5, 0.6) is 5.75 Å². The highest BCUT2D eigenvalue weighted by Gasteiger charge is 2.51. The summed E-state index contributed by atoms with van der Waals surface area (Å²) in [5, 5.41) is 15.6. The van der Waals surface area contributed by atoms with Crippen molar-refractivity contribution in [2.45, 2.75) is 31.8 Å². The first-order valence-electron chi connectivity index (χ1n) is 14.3. The Kier molecular flexibility index (Phi) is 9.74. The van der Waals surface area contributed by atoms with E-state index in [1.54, 1.807) is 35.2 Å². The van der Waals surface area contributed by atoms with Gasteiger partial charge in [-0.3, -0.25) is 9.59 Å². The van der Waals surface area contributed by atoms with Crippen LogP contribution in [-0.2, 0) is 33.9 Å². The van der Waals surface area contributed by atoms with Crippen LogP contribution in [-0.4, -0.2) is 87.8 Å². The molecule has 3 aromatic rings. The number of halogens is 1. The highest BCUT2D eigenvalue weighted by molar-refractivity contribution is 5.91. The van der Waals surface area contributed by atoms with Crippen molar-refractivity contribution in [1.82, 2.24) is 25.1 Å². The lowest BCUT2D eigenvalue weighted by molar-refractivity contribution is -0.189. The molecule has 2 N–H and O–H groups in total. The maximum Gasteiger partial charge on any atom is 0.334 e. The number of urea groups is 1. The van der Waals surface area contributed by atoms with E-state index in [-0.39, 0.29) is 75.7 Å². The molecule has 2 atom stereocenters. The third-order valence-electron chi connectivity index (χ3n) is 7.68. The molecule has 0 bridgehead atoms. The van der Waals surface area contributed by atoms with Gasteiger partial charge in [-0.25, -0.2) is 14.2 Å². The van der Waals surface area contributed by atoms with Crippen LogP contribution in [0.3, 0.4) is 0 Å². The number of carbonyl (C=O) groups excluding carboxylic acids is 3. The molecule has 0 aromatic heterocycles. The van der Waals surface area contributed by atoms with E-state index in [0.717, 1.165) is 11.1 Å². The summed E-state index contributed by atoms with van der Waals surface area (Å²) < 4.78 is 19.8. The number of rotatable bonds is 10. The maximum atomic E-state index is 14.1.